The Hall–Kier alpha value is -2.10. The van der Waals surface area contributed by atoms with Crippen LogP contribution in [0.25, 0.3) is 0 Å². The van der Waals surface area contributed by atoms with Gasteiger partial charge in [0.2, 0.25) is 0 Å². The van der Waals surface area contributed by atoms with Crippen LogP contribution in [0.5, 0.6) is 0 Å². The zero-order chi connectivity index (χ0) is 13.4. The van der Waals surface area contributed by atoms with E-state index in [9.17, 15) is 9.59 Å². The van der Waals surface area contributed by atoms with Crippen LogP contribution >= 0.6 is 0 Å². The minimum absolute atomic E-state index is 0.124. The lowest BCUT2D eigenvalue weighted by Crippen LogP contribution is -2.35. The predicted octanol–water partition coefficient (Wildman–Crippen LogP) is 1.92. The number of carbonyl (C=O) groups is 2. The monoisotopic (exact) mass is 247 g/mol. The molecule has 0 fully saturated rings. The van der Waals surface area contributed by atoms with E-state index in [4.69, 9.17) is 0 Å². The average molecular weight is 247 g/mol. The molecule has 4 heteroatoms. The third-order valence-electron chi connectivity index (χ3n) is 2.39. The first-order valence-corrected chi connectivity index (χ1v) is 5.73. The first-order chi connectivity index (χ1) is 8.67. The van der Waals surface area contributed by atoms with Crippen LogP contribution in [0.15, 0.2) is 42.5 Å². The molecule has 0 bridgehead atoms. The standard InChI is InChI=1S/C14H17NO3/c1-3-7-12(10-13(16)18-2)15-14(17)11-8-5-4-6-9-11/h3-9,12H,10H2,1-2H3,(H,15,17)/b7-3+/t12-/m0/s1. The molecular weight excluding hydrogens is 230 g/mol. The van der Waals surface area contributed by atoms with E-state index in [1.54, 1.807) is 36.4 Å². The Bertz CT molecular complexity index is 426. The van der Waals surface area contributed by atoms with Crippen molar-refractivity contribution in [3.63, 3.8) is 0 Å². The lowest BCUT2D eigenvalue weighted by molar-refractivity contribution is -0.140. The molecule has 0 aliphatic heterocycles. The smallest absolute Gasteiger partial charge is 0.307 e. The molecule has 0 aliphatic rings. The van der Waals surface area contributed by atoms with Crippen LogP contribution in [0.1, 0.15) is 23.7 Å². The minimum Gasteiger partial charge on any atom is -0.469 e. The van der Waals surface area contributed by atoms with Crippen molar-refractivity contribution in [3.8, 4) is 0 Å². The summed E-state index contributed by atoms with van der Waals surface area (Å²) in [5.41, 5.74) is 0.567. The van der Waals surface area contributed by atoms with Crippen molar-refractivity contribution in [1.82, 2.24) is 5.32 Å². The van der Waals surface area contributed by atoms with Crippen LogP contribution in [0.3, 0.4) is 0 Å². The maximum absolute atomic E-state index is 11.9. The summed E-state index contributed by atoms with van der Waals surface area (Å²) in [6.45, 7) is 1.83. The third kappa shape index (κ3) is 4.41. The van der Waals surface area contributed by atoms with Crippen LogP contribution in [0, 0.1) is 0 Å². The Balaban J connectivity index is 2.66. The zero-order valence-electron chi connectivity index (χ0n) is 10.6. The summed E-state index contributed by atoms with van der Waals surface area (Å²) in [6.07, 6.45) is 3.68. The second-order valence-corrected chi connectivity index (χ2v) is 3.75. The Morgan fingerprint density at radius 3 is 2.56 bits per heavy atom. The van der Waals surface area contributed by atoms with E-state index < -0.39 is 0 Å². The van der Waals surface area contributed by atoms with Gasteiger partial charge in [-0.1, -0.05) is 30.4 Å². The maximum Gasteiger partial charge on any atom is 0.307 e. The number of nitrogens with one attached hydrogen (secondary N) is 1. The lowest BCUT2D eigenvalue weighted by atomic mass is 10.1. The van der Waals surface area contributed by atoms with Gasteiger partial charge >= 0.3 is 5.97 Å². The van der Waals surface area contributed by atoms with Gasteiger partial charge in [-0.15, -0.1) is 0 Å². The van der Waals surface area contributed by atoms with E-state index in [2.05, 4.69) is 10.1 Å². The van der Waals surface area contributed by atoms with E-state index in [1.807, 2.05) is 13.0 Å². The first kappa shape index (κ1) is 14.0. The van der Waals surface area contributed by atoms with Crippen molar-refractivity contribution in [1.29, 1.82) is 0 Å². The molecule has 0 saturated carbocycles. The van der Waals surface area contributed by atoms with Crippen LogP contribution in [-0.2, 0) is 9.53 Å². The van der Waals surface area contributed by atoms with Crippen LogP contribution in [0.4, 0.5) is 0 Å². The molecule has 0 aliphatic carbocycles. The molecule has 1 aromatic carbocycles. The normalized spacial score (nSPS) is 12.1. The van der Waals surface area contributed by atoms with Gasteiger partial charge in [0, 0.05) is 5.56 Å². The molecule has 0 aromatic heterocycles. The quantitative estimate of drug-likeness (QED) is 0.639. The number of carbonyl (C=O) groups excluding carboxylic acids is 2. The first-order valence-electron chi connectivity index (χ1n) is 5.73. The summed E-state index contributed by atoms with van der Waals surface area (Å²) in [7, 11) is 1.33. The highest BCUT2D eigenvalue weighted by Crippen LogP contribution is 2.02. The van der Waals surface area contributed by atoms with Crippen molar-refractivity contribution < 1.29 is 14.3 Å². The van der Waals surface area contributed by atoms with Crippen molar-refractivity contribution in [2.75, 3.05) is 7.11 Å². The van der Waals surface area contributed by atoms with Crippen LogP contribution in [0.2, 0.25) is 0 Å². The Morgan fingerprint density at radius 2 is 2.00 bits per heavy atom. The molecule has 0 spiro atoms. The zero-order valence-corrected chi connectivity index (χ0v) is 10.6. The van der Waals surface area contributed by atoms with Gasteiger partial charge in [0.05, 0.1) is 19.6 Å². The highest BCUT2D eigenvalue weighted by atomic mass is 16.5. The summed E-state index contributed by atoms with van der Waals surface area (Å²) in [4.78, 5) is 23.1. The number of ether oxygens (including phenoxy) is 1. The van der Waals surface area contributed by atoms with Crippen molar-refractivity contribution in [2.45, 2.75) is 19.4 Å². The molecule has 18 heavy (non-hydrogen) atoms. The molecule has 0 radical (unpaired) electrons. The number of methoxy groups -OCH3 is 1. The SMILES string of the molecule is C/C=C/[C@@H](CC(=O)OC)NC(=O)c1ccccc1. The summed E-state index contributed by atoms with van der Waals surface area (Å²) in [6, 6.07) is 8.52. The van der Waals surface area contributed by atoms with Gasteiger partial charge in [-0.25, -0.2) is 0 Å². The summed E-state index contributed by atoms with van der Waals surface area (Å²) < 4.78 is 4.59. The number of benzene rings is 1. The molecule has 1 rings (SSSR count). The summed E-state index contributed by atoms with van der Waals surface area (Å²) in [5.74, 6) is -0.561. The van der Waals surface area contributed by atoms with Gasteiger partial charge in [-0.05, 0) is 19.1 Å². The van der Waals surface area contributed by atoms with Crippen LogP contribution < -0.4 is 5.32 Å². The molecule has 0 saturated heterocycles. The minimum atomic E-state index is -0.355. The lowest BCUT2D eigenvalue weighted by Gasteiger charge is -2.13. The molecule has 1 amide bonds. The molecule has 4 nitrogen and oxygen atoms in total. The molecule has 1 N–H and O–H groups in total. The highest BCUT2D eigenvalue weighted by molar-refractivity contribution is 5.94. The van der Waals surface area contributed by atoms with Gasteiger partial charge in [0.1, 0.15) is 0 Å². The number of hydrogen-bond acceptors (Lipinski definition) is 3. The fourth-order valence-corrected chi connectivity index (χ4v) is 1.50. The van der Waals surface area contributed by atoms with E-state index in [1.165, 1.54) is 7.11 Å². The number of hydrogen-bond donors (Lipinski definition) is 1. The number of allylic oxidation sites excluding steroid dienone is 1. The Morgan fingerprint density at radius 1 is 1.33 bits per heavy atom. The van der Waals surface area contributed by atoms with E-state index in [0.717, 1.165) is 0 Å². The average Bonchev–Trinajstić information content (AvgIpc) is 2.39. The number of amides is 1. The van der Waals surface area contributed by atoms with Crippen molar-refractivity contribution in [3.05, 3.63) is 48.0 Å². The van der Waals surface area contributed by atoms with E-state index in [0.29, 0.717) is 5.56 Å². The van der Waals surface area contributed by atoms with Crippen molar-refractivity contribution >= 4 is 11.9 Å². The second-order valence-electron chi connectivity index (χ2n) is 3.75. The topological polar surface area (TPSA) is 55.4 Å². The fraction of sp³-hybridized carbons (Fsp3) is 0.286. The van der Waals surface area contributed by atoms with Gasteiger partial charge in [0.15, 0.2) is 0 Å². The molecule has 1 atom stereocenters. The van der Waals surface area contributed by atoms with Gasteiger partial charge in [0.25, 0.3) is 5.91 Å². The van der Waals surface area contributed by atoms with Gasteiger partial charge in [-0.3, -0.25) is 9.59 Å². The predicted molar refractivity (Wildman–Crippen MR) is 69.1 cm³/mol. The van der Waals surface area contributed by atoms with Gasteiger partial charge < -0.3 is 10.1 Å². The van der Waals surface area contributed by atoms with Crippen molar-refractivity contribution in [2.24, 2.45) is 0 Å². The third-order valence-corrected chi connectivity index (χ3v) is 2.39. The largest absolute Gasteiger partial charge is 0.469 e. The molecule has 0 heterocycles. The molecule has 0 unspecified atom stereocenters. The molecule has 96 valence electrons. The Kier molecular flexibility index (Phi) is 5.64. The second kappa shape index (κ2) is 7.27. The fourth-order valence-electron chi connectivity index (χ4n) is 1.50. The number of rotatable bonds is 5. The maximum atomic E-state index is 11.9. The van der Waals surface area contributed by atoms with E-state index >= 15 is 0 Å². The molecule has 1 aromatic rings. The highest BCUT2D eigenvalue weighted by Gasteiger charge is 2.14. The van der Waals surface area contributed by atoms with E-state index in [-0.39, 0.29) is 24.3 Å². The summed E-state index contributed by atoms with van der Waals surface area (Å²) in [5, 5.41) is 2.77. The van der Waals surface area contributed by atoms with Gasteiger partial charge in [-0.2, -0.15) is 0 Å². The molecular formula is C14H17NO3. The summed E-state index contributed by atoms with van der Waals surface area (Å²) >= 11 is 0. The number of esters is 1. The Labute approximate surface area is 107 Å². The van der Waals surface area contributed by atoms with Crippen LogP contribution in [-0.4, -0.2) is 25.0 Å².